The first kappa shape index (κ1) is 13.7. The summed E-state index contributed by atoms with van der Waals surface area (Å²) in [5.74, 6) is 0.943. The fourth-order valence-electron chi connectivity index (χ4n) is 1.69. The van der Waals surface area contributed by atoms with E-state index in [2.05, 4.69) is 15.3 Å². The summed E-state index contributed by atoms with van der Waals surface area (Å²) in [6.45, 7) is 2.53. The average Bonchev–Trinajstić information content (AvgIpc) is 2.47. The van der Waals surface area contributed by atoms with Gasteiger partial charge in [0.1, 0.15) is 5.82 Å². The SMILES string of the molecule is CCNc1cc([N+](=O)[O-])cc(-c2ccc(OC)nc2)n1. The molecule has 2 aromatic heterocycles. The van der Waals surface area contributed by atoms with Crippen LogP contribution in [-0.2, 0) is 0 Å². The molecule has 0 aliphatic carbocycles. The summed E-state index contributed by atoms with van der Waals surface area (Å²) in [5.41, 5.74) is 1.17. The van der Waals surface area contributed by atoms with Gasteiger partial charge in [0.05, 0.1) is 23.8 Å². The molecule has 0 aromatic carbocycles. The van der Waals surface area contributed by atoms with Crippen molar-refractivity contribution in [3.63, 3.8) is 0 Å². The molecule has 0 radical (unpaired) electrons. The van der Waals surface area contributed by atoms with Gasteiger partial charge in [-0.2, -0.15) is 0 Å². The number of hydrogen-bond donors (Lipinski definition) is 1. The van der Waals surface area contributed by atoms with Crippen LogP contribution in [0.15, 0.2) is 30.5 Å². The van der Waals surface area contributed by atoms with E-state index in [1.54, 1.807) is 18.3 Å². The summed E-state index contributed by atoms with van der Waals surface area (Å²) in [6.07, 6.45) is 1.57. The lowest BCUT2D eigenvalue weighted by Crippen LogP contribution is -2.01. The minimum atomic E-state index is -0.441. The maximum absolute atomic E-state index is 11.0. The smallest absolute Gasteiger partial charge is 0.275 e. The van der Waals surface area contributed by atoms with Crippen molar-refractivity contribution >= 4 is 11.5 Å². The van der Waals surface area contributed by atoms with Gasteiger partial charge in [-0.25, -0.2) is 9.97 Å². The predicted octanol–water partition coefficient (Wildman–Crippen LogP) is 2.49. The van der Waals surface area contributed by atoms with E-state index in [1.807, 2.05) is 6.92 Å². The van der Waals surface area contributed by atoms with Crippen LogP contribution in [0.4, 0.5) is 11.5 Å². The number of nitrogens with zero attached hydrogens (tertiary/aromatic N) is 3. The maximum atomic E-state index is 11.0. The quantitative estimate of drug-likeness (QED) is 0.665. The van der Waals surface area contributed by atoms with E-state index in [0.29, 0.717) is 29.5 Å². The number of hydrogen-bond acceptors (Lipinski definition) is 6. The van der Waals surface area contributed by atoms with Gasteiger partial charge in [0.15, 0.2) is 0 Å². The Morgan fingerprint density at radius 3 is 2.75 bits per heavy atom. The number of methoxy groups -OCH3 is 1. The molecule has 0 atom stereocenters. The van der Waals surface area contributed by atoms with Crippen LogP contribution in [0.3, 0.4) is 0 Å². The van der Waals surface area contributed by atoms with Crippen LogP contribution in [0.2, 0.25) is 0 Å². The average molecular weight is 274 g/mol. The molecule has 1 N–H and O–H groups in total. The summed E-state index contributed by atoms with van der Waals surface area (Å²) in [5, 5.41) is 13.9. The molecule has 104 valence electrons. The van der Waals surface area contributed by atoms with Crippen molar-refractivity contribution in [1.29, 1.82) is 0 Å². The Morgan fingerprint density at radius 2 is 2.20 bits per heavy atom. The molecule has 0 fully saturated rings. The van der Waals surface area contributed by atoms with Gasteiger partial charge in [0, 0.05) is 30.4 Å². The number of anilines is 1. The predicted molar refractivity (Wildman–Crippen MR) is 74.8 cm³/mol. The van der Waals surface area contributed by atoms with Crippen molar-refractivity contribution in [2.24, 2.45) is 0 Å². The van der Waals surface area contributed by atoms with E-state index in [1.165, 1.54) is 19.2 Å². The maximum Gasteiger partial charge on any atom is 0.275 e. The first-order chi connectivity index (χ1) is 9.63. The molecule has 0 unspecified atom stereocenters. The minimum absolute atomic E-state index is 0.0123. The number of aromatic nitrogens is 2. The van der Waals surface area contributed by atoms with E-state index in [-0.39, 0.29) is 5.69 Å². The van der Waals surface area contributed by atoms with Crippen LogP contribution in [-0.4, -0.2) is 28.5 Å². The first-order valence-electron chi connectivity index (χ1n) is 6.04. The third-order valence-corrected chi connectivity index (χ3v) is 2.62. The third kappa shape index (κ3) is 3.00. The van der Waals surface area contributed by atoms with Crippen LogP contribution < -0.4 is 10.1 Å². The number of ether oxygens (including phenoxy) is 1. The third-order valence-electron chi connectivity index (χ3n) is 2.62. The zero-order chi connectivity index (χ0) is 14.5. The number of pyridine rings is 2. The Kier molecular flexibility index (Phi) is 4.09. The van der Waals surface area contributed by atoms with E-state index in [9.17, 15) is 10.1 Å². The van der Waals surface area contributed by atoms with Gasteiger partial charge < -0.3 is 10.1 Å². The van der Waals surface area contributed by atoms with Gasteiger partial charge in [0.25, 0.3) is 5.69 Å². The van der Waals surface area contributed by atoms with Crippen LogP contribution in [0.1, 0.15) is 6.92 Å². The Hall–Kier alpha value is -2.70. The highest BCUT2D eigenvalue weighted by Gasteiger charge is 2.12. The topological polar surface area (TPSA) is 90.2 Å². The van der Waals surface area contributed by atoms with Crippen molar-refractivity contribution < 1.29 is 9.66 Å². The Bertz CT molecular complexity index is 614. The van der Waals surface area contributed by atoms with Crippen LogP contribution in [0.25, 0.3) is 11.3 Å². The van der Waals surface area contributed by atoms with Crippen molar-refractivity contribution in [2.75, 3.05) is 19.0 Å². The molecule has 7 heteroatoms. The molecular formula is C13H14N4O3. The van der Waals surface area contributed by atoms with E-state index >= 15 is 0 Å². The lowest BCUT2D eigenvalue weighted by molar-refractivity contribution is -0.384. The van der Waals surface area contributed by atoms with Crippen molar-refractivity contribution in [3.8, 4) is 17.1 Å². The van der Waals surface area contributed by atoms with Gasteiger partial charge in [-0.05, 0) is 13.0 Å². The second-order valence-corrected chi connectivity index (χ2v) is 3.97. The lowest BCUT2D eigenvalue weighted by atomic mass is 10.2. The van der Waals surface area contributed by atoms with Gasteiger partial charge in [-0.1, -0.05) is 0 Å². The highest BCUT2D eigenvalue weighted by Crippen LogP contribution is 2.25. The molecule has 0 aliphatic heterocycles. The normalized spacial score (nSPS) is 10.1. The van der Waals surface area contributed by atoms with Gasteiger partial charge in [0.2, 0.25) is 5.88 Å². The van der Waals surface area contributed by atoms with Gasteiger partial charge in [-0.3, -0.25) is 10.1 Å². The largest absolute Gasteiger partial charge is 0.481 e. The van der Waals surface area contributed by atoms with E-state index < -0.39 is 4.92 Å². The molecule has 2 rings (SSSR count). The van der Waals surface area contributed by atoms with Crippen molar-refractivity contribution in [3.05, 3.63) is 40.6 Å². The lowest BCUT2D eigenvalue weighted by Gasteiger charge is -2.06. The Labute approximate surface area is 115 Å². The van der Waals surface area contributed by atoms with Crippen LogP contribution >= 0.6 is 0 Å². The molecule has 0 saturated carbocycles. The molecular weight excluding hydrogens is 260 g/mol. The number of nitrogens with one attached hydrogen (secondary N) is 1. The summed E-state index contributed by atoms with van der Waals surface area (Å²) < 4.78 is 4.98. The fourth-order valence-corrected chi connectivity index (χ4v) is 1.69. The van der Waals surface area contributed by atoms with E-state index in [0.717, 1.165) is 0 Å². The molecule has 20 heavy (non-hydrogen) atoms. The molecule has 0 aliphatic rings. The zero-order valence-electron chi connectivity index (χ0n) is 11.2. The molecule has 0 saturated heterocycles. The monoisotopic (exact) mass is 274 g/mol. The highest BCUT2D eigenvalue weighted by atomic mass is 16.6. The fraction of sp³-hybridized carbons (Fsp3) is 0.231. The second-order valence-electron chi connectivity index (χ2n) is 3.97. The standard InChI is InChI=1S/C13H14N4O3/c1-3-14-12-7-10(17(18)19)6-11(16-12)9-4-5-13(20-2)15-8-9/h4-8H,3H2,1-2H3,(H,14,16). The Morgan fingerprint density at radius 1 is 1.40 bits per heavy atom. The summed E-state index contributed by atoms with van der Waals surface area (Å²) in [4.78, 5) is 18.9. The Balaban J connectivity index is 2.45. The summed E-state index contributed by atoms with van der Waals surface area (Å²) in [6, 6.07) is 6.27. The summed E-state index contributed by atoms with van der Waals surface area (Å²) >= 11 is 0. The molecule has 2 aromatic rings. The molecule has 0 bridgehead atoms. The number of rotatable bonds is 5. The molecule has 0 spiro atoms. The highest BCUT2D eigenvalue weighted by molar-refractivity contribution is 5.64. The summed E-state index contributed by atoms with van der Waals surface area (Å²) in [7, 11) is 1.52. The molecule has 2 heterocycles. The molecule has 7 nitrogen and oxygen atoms in total. The van der Waals surface area contributed by atoms with Gasteiger partial charge >= 0.3 is 0 Å². The molecule has 0 amide bonds. The van der Waals surface area contributed by atoms with Crippen LogP contribution in [0, 0.1) is 10.1 Å². The zero-order valence-corrected chi connectivity index (χ0v) is 11.2. The van der Waals surface area contributed by atoms with Crippen molar-refractivity contribution in [1.82, 2.24) is 9.97 Å². The number of nitro groups is 1. The van der Waals surface area contributed by atoms with Crippen LogP contribution in [0.5, 0.6) is 5.88 Å². The van der Waals surface area contributed by atoms with Gasteiger partial charge in [-0.15, -0.1) is 0 Å². The second kappa shape index (κ2) is 5.96. The minimum Gasteiger partial charge on any atom is -0.481 e. The van der Waals surface area contributed by atoms with Crippen molar-refractivity contribution in [2.45, 2.75) is 6.92 Å². The van der Waals surface area contributed by atoms with E-state index in [4.69, 9.17) is 4.74 Å². The first-order valence-corrected chi connectivity index (χ1v) is 6.04.